The average Bonchev–Trinajstić information content (AvgIpc) is 2.97. The molecule has 2 aromatic rings. The van der Waals surface area contributed by atoms with Gasteiger partial charge in [0.05, 0.1) is 5.92 Å². The van der Waals surface area contributed by atoms with Crippen molar-refractivity contribution in [2.75, 3.05) is 6.61 Å². The fraction of sp³-hybridized carbons (Fsp3) is 0.316. The van der Waals surface area contributed by atoms with Gasteiger partial charge in [-0.1, -0.05) is 56.3 Å². The minimum absolute atomic E-state index is 0.149. The molecule has 2 aromatic carbocycles. The average molecular weight is 280 g/mol. The van der Waals surface area contributed by atoms with Crippen LogP contribution in [0.3, 0.4) is 0 Å². The number of ketones is 1. The molecule has 21 heavy (non-hydrogen) atoms. The van der Waals surface area contributed by atoms with Crippen LogP contribution in [0.15, 0.2) is 48.5 Å². The summed E-state index contributed by atoms with van der Waals surface area (Å²) in [5.74, 6) is 1.35. The van der Waals surface area contributed by atoms with Crippen LogP contribution in [0.25, 0.3) is 0 Å². The first-order valence-electron chi connectivity index (χ1n) is 7.56. The van der Waals surface area contributed by atoms with Crippen molar-refractivity contribution in [3.63, 3.8) is 0 Å². The van der Waals surface area contributed by atoms with E-state index in [1.54, 1.807) is 0 Å². The summed E-state index contributed by atoms with van der Waals surface area (Å²) in [6, 6.07) is 15.8. The second-order valence-corrected chi connectivity index (χ2v) is 5.70. The highest BCUT2D eigenvalue weighted by Crippen LogP contribution is 2.35. The number of Topliss-reactive ketones (excluding diaryl/α,β-unsaturated/α-hetero) is 1. The number of hydrogen-bond donors (Lipinski definition) is 0. The molecule has 1 aliphatic heterocycles. The molecule has 2 nitrogen and oxygen atoms in total. The standard InChI is InChI=1S/C19H20O2/c1-3-13(2)14-8-10-15(11-9-14)19(20)17-12-21-18-7-5-4-6-16(17)18/h4-11,13,17H,3,12H2,1-2H3. The van der Waals surface area contributed by atoms with Gasteiger partial charge < -0.3 is 4.74 Å². The van der Waals surface area contributed by atoms with Gasteiger partial charge in [-0.05, 0) is 24.0 Å². The van der Waals surface area contributed by atoms with Gasteiger partial charge in [0.25, 0.3) is 0 Å². The number of para-hydroxylation sites is 1. The van der Waals surface area contributed by atoms with Crippen molar-refractivity contribution in [2.24, 2.45) is 0 Å². The Labute approximate surface area is 125 Å². The summed E-state index contributed by atoms with van der Waals surface area (Å²) in [6.07, 6.45) is 1.11. The smallest absolute Gasteiger partial charge is 0.173 e. The first kappa shape index (κ1) is 13.9. The van der Waals surface area contributed by atoms with Gasteiger partial charge in [-0.2, -0.15) is 0 Å². The molecule has 0 N–H and O–H groups in total. The molecular formula is C19H20O2. The van der Waals surface area contributed by atoms with E-state index >= 15 is 0 Å². The Morgan fingerprint density at radius 2 is 1.90 bits per heavy atom. The molecule has 3 rings (SSSR count). The Bertz CT molecular complexity index is 643. The summed E-state index contributed by atoms with van der Waals surface area (Å²) in [5, 5.41) is 0. The van der Waals surface area contributed by atoms with Crippen molar-refractivity contribution in [3.8, 4) is 5.75 Å². The first-order chi connectivity index (χ1) is 10.2. The summed E-state index contributed by atoms with van der Waals surface area (Å²) in [5.41, 5.74) is 3.07. The predicted molar refractivity (Wildman–Crippen MR) is 84.2 cm³/mol. The van der Waals surface area contributed by atoms with Crippen LogP contribution in [0.1, 0.15) is 53.6 Å². The van der Waals surface area contributed by atoms with E-state index in [0.717, 1.165) is 23.3 Å². The van der Waals surface area contributed by atoms with E-state index in [4.69, 9.17) is 4.74 Å². The molecule has 0 radical (unpaired) electrons. The fourth-order valence-corrected chi connectivity index (χ4v) is 2.79. The van der Waals surface area contributed by atoms with Gasteiger partial charge in [-0.15, -0.1) is 0 Å². The van der Waals surface area contributed by atoms with Gasteiger partial charge in [-0.25, -0.2) is 0 Å². The van der Waals surface area contributed by atoms with Gasteiger partial charge in [-0.3, -0.25) is 4.79 Å². The summed E-state index contributed by atoms with van der Waals surface area (Å²) in [6.45, 7) is 4.83. The highest BCUT2D eigenvalue weighted by atomic mass is 16.5. The predicted octanol–water partition coefficient (Wildman–Crippen LogP) is 4.56. The van der Waals surface area contributed by atoms with E-state index < -0.39 is 0 Å². The lowest BCUT2D eigenvalue weighted by Crippen LogP contribution is -2.14. The zero-order valence-electron chi connectivity index (χ0n) is 12.5. The van der Waals surface area contributed by atoms with E-state index in [0.29, 0.717) is 12.5 Å². The zero-order valence-corrected chi connectivity index (χ0v) is 12.5. The minimum atomic E-state index is -0.171. The Kier molecular flexibility index (Phi) is 3.78. The fourth-order valence-electron chi connectivity index (χ4n) is 2.79. The van der Waals surface area contributed by atoms with Crippen LogP contribution in [-0.4, -0.2) is 12.4 Å². The lowest BCUT2D eigenvalue weighted by Gasteiger charge is -2.11. The van der Waals surface area contributed by atoms with Crippen molar-refractivity contribution in [1.82, 2.24) is 0 Å². The number of ether oxygens (including phenoxy) is 1. The second kappa shape index (κ2) is 5.72. The third-order valence-electron chi connectivity index (χ3n) is 4.39. The van der Waals surface area contributed by atoms with Crippen molar-refractivity contribution in [1.29, 1.82) is 0 Å². The first-order valence-corrected chi connectivity index (χ1v) is 7.56. The zero-order chi connectivity index (χ0) is 14.8. The molecule has 0 fully saturated rings. The molecule has 2 unspecified atom stereocenters. The normalized spacial score (nSPS) is 17.9. The Balaban J connectivity index is 1.83. The molecule has 0 spiro atoms. The van der Waals surface area contributed by atoms with Gasteiger partial charge in [0.1, 0.15) is 12.4 Å². The van der Waals surface area contributed by atoms with Crippen LogP contribution in [-0.2, 0) is 0 Å². The van der Waals surface area contributed by atoms with Crippen LogP contribution in [0.2, 0.25) is 0 Å². The lowest BCUT2D eigenvalue weighted by atomic mass is 9.90. The third-order valence-corrected chi connectivity index (χ3v) is 4.39. The largest absolute Gasteiger partial charge is 0.492 e. The maximum atomic E-state index is 12.7. The summed E-state index contributed by atoms with van der Waals surface area (Å²) in [7, 11) is 0. The molecule has 0 aromatic heterocycles. The highest BCUT2D eigenvalue weighted by molar-refractivity contribution is 6.01. The maximum Gasteiger partial charge on any atom is 0.173 e. The maximum absolute atomic E-state index is 12.7. The van der Waals surface area contributed by atoms with Crippen molar-refractivity contribution in [3.05, 3.63) is 65.2 Å². The van der Waals surface area contributed by atoms with Crippen LogP contribution in [0.5, 0.6) is 5.75 Å². The molecule has 108 valence electrons. The molecule has 2 atom stereocenters. The number of benzene rings is 2. The molecule has 0 aliphatic carbocycles. The SMILES string of the molecule is CCC(C)c1ccc(C(=O)C2COc3ccccc32)cc1. The van der Waals surface area contributed by atoms with Crippen LogP contribution in [0.4, 0.5) is 0 Å². The van der Waals surface area contributed by atoms with Crippen molar-refractivity contribution >= 4 is 5.78 Å². The molecule has 1 aliphatic rings. The number of fused-ring (bicyclic) bond motifs is 1. The number of rotatable bonds is 4. The van der Waals surface area contributed by atoms with Gasteiger partial charge >= 0.3 is 0 Å². The quantitative estimate of drug-likeness (QED) is 0.767. The molecule has 0 bridgehead atoms. The highest BCUT2D eigenvalue weighted by Gasteiger charge is 2.30. The number of hydrogen-bond acceptors (Lipinski definition) is 2. The van der Waals surface area contributed by atoms with Gasteiger partial charge in [0.2, 0.25) is 0 Å². The van der Waals surface area contributed by atoms with Gasteiger partial charge in [0, 0.05) is 11.1 Å². The Morgan fingerprint density at radius 1 is 1.19 bits per heavy atom. The van der Waals surface area contributed by atoms with E-state index in [9.17, 15) is 4.79 Å². The molecule has 1 heterocycles. The molecule has 2 heteroatoms. The third kappa shape index (κ3) is 2.58. The topological polar surface area (TPSA) is 26.3 Å². The summed E-state index contributed by atoms with van der Waals surface area (Å²) < 4.78 is 5.61. The Hall–Kier alpha value is -2.09. The van der Waals surface area contributed by atoms with E-state index in [2.05, 4.69) is 26.0 Å². The monoisotopic (exact) mass is 280 g/mol. The Morgan fingerprint density at radius 3 is 2.62 bits per heavy atom. The van der Waals surface area contributed by atoms with Crippen molar-refractivity contribution < 1.29 is 9.53 Å². The van der Waals surface area contributed by atoms with E-state index in [-0.39, 0.29) is 11.7 Å². The van der Waals surface area contributed by atoms with Crippen LogP contribution in [0, 0.1) is 0 Å². The van der Waals surface area contributed by atoms with Gasteiger partial charge in [0.15, 0.2) is 5.78 Å². The van der Waals surface area contributed by atoms with Crippen LogP contribution < -0.4 is 4.74 Å². The molecule has 0 saturated heterocycles. The van der Waals surface area contributed by atoms with E-state index in [1.807, 2.05) is 36.4 Å². The summed E-state index contributed by atoms with van der Waals surface area (Å²) >= 11 is 0. The van der Waals surface area contributed by atoms with E-state index in [1.165, 1.54) is 5.56 Å². The molecular weight excluding hydrogens is 260 g/mol. The second-order valence-electron chi connectivity index (χ2n) is 5.70. The number of carbonyl (C=O) groups excluding carboxylic acids is 1. The molecule has 0 amide bonds. The van der Waals surface area contributed by atoms with Crippen molar-refractivity contribution in [2.45, 2.75) is 32.1 Å². The van der Waals surface area contributed by atoms with Crippen LogP contribution >= 0.6 is 0 Å². The molecule has 0 saturated carbocycles. The number of carbonyl (C=O) groups is 1. The minimum Gasteiger partial charge on any atom is -0.492 e. The summed E-state index contributed by atoms with van der Waals surface area (Å²) in [4.78, 5) is 12.7. The lowest BCUT2D eigenvalue weighted by molar-refractivity contribution is 0.0947.